The Labute approximate surface area is 138 Å². The minimum absolute atomic E-state index is 0.185. The summed E-state index contributed by atoms with van der Waals surface area (Å²) >= 11 is 2.41. The third-order valence-electron chi connectivity index (χ3n) is 2.76. The highest BCUT2D eigenvalue weighted by molar-refractivity contribution is 9.10. The van der Waals surface area contributed by atoms with Crippen LogP contribution in [0.2, 0.25) is 0 Å². The van der Waals surface area contributed by atoms with Crippen LogP contribution < -0.4 is 4.72 Å². The molecule has 1 unspecified atom stereocenters. The standard InChI is InChI=1S/C15H23BrNO3S/c1-5-20-14(18)10-13(17-21(19)15(2,3)4)11-7-6-8-12(16)9-11/h6-9,13,17,19H,5,10H2,1-4H3/q+1/t13-,21?/m0/s1. The van der Waals surface area contributed by atoms with Gasteiger partial charge in [0.1, 0.15) is 0 Å². The molecule has 0 aliphatic carbocycles. The maximum atomic E-state index is 11.8. The molecule has 0 bridgehead atoms. The number of ether oxygens (including phenoxy) is 1. The zero-order valence-corrected chi connectivity index (χ0v) is 15.3. The fourth-order valence-electron chi connectivity index (χ4n) is 1.65. The highest BCUT2D eigenvalue weighted by atomic mass is 79.9. The summed E-state index contributed by atoms with van der Waals surface area (Å²) in [5.41, 5.74) is 0.938. The number of esters is 1. The molecule has 2 atom stereocenters. The van der Waals surface area contributed by atoms with Crippen LogP contribution in [0.5, 0.6) is 0 Å². The van der Waals surface area contributed by atoms with Gasteiger partial charge in [-0.3, -0.25) is 4.79 Å². The lowest BCUT2D eigenvalue weighted by Crippen LogP contribution is -2.41. The van der Waals surface area contributed by atoms with Crippen molar-refractivity contribution < 1.29 is 14.1 Å². The van der Waals surface area contributed by atoms with E-state index < -0.39 is 11.4 Å². The van der Waals surface area contributed by atoms with E-state index in [4.69, 9.17) is 4.74 Å². The molecule has 1 aromatic carbocycles. The lowest BCUT2D eigenvalue weighted by atomic mass is 10.1. The Morgan fingerprint density at radius 1 is 1.48 bits per heavy atom. The summed E-state index contributed by atoms with van der Waals surface area (Å²) in [5, 5.41) is 0. The van der Waals surface area contributed by atoms with Gasteiger partial charge in [-0.1, -0.05) is 32.8 Å². The lowest BCUT2D eigenvalue weighted by molar-refractivity contribution is -0.143. The molecule has 1 rings (SSSR count). The van der Waals surface area contributed by atoms with Gasteiger partial charge >= 0.3 is 5.97 Å². The molecule has 0 saturated carbocycles. The van der Waals surface area contributed by atoms with E-state index in [1.54, 1.807) is 6.92 Å². The molecule has 4 nitrogen and oxygen atoms in total. The van der Waals surface area contributed by atoms with E-state index in [1.165, 1.54) is 0 Å². The smallest absolute Gasteiger partial charge is 0.307 e. The largest absolute Gasteiger partial charge is 0.466 e. The lowest BCUT2D eigenvalue weighted by Gasteiger charge is -2.20. The molecule has 0 aromatic heterocycles. The Morgan fingerprint density at radius 2 is 2.14 bits per heavy atom. The van der Waals surface area contributed by atoms with E-state index in [2.05, 4.69) is 20.7 Å². The van der Waals surface area contributed by atoms with Crippen molar-refractivity contribution in [2.24, 2.45) is 0 Å². The molecular formula is C15H23BrNO3S+. The van der Waals surface area contributed by atoms with Crippen LogP contribution in [0.4, 0.5) is 0 Å². The average molecular weight is 377 g/mol. The van der Waals surface area contributed by atoms with E-state index in [0.717, 1.165) is 10.0 Å². The van der Waals surface area contributed by atoms with Crippen LogP contribution in [0, 0.1) is 0 Å². The van der Waals surface area contributed by atoms with E-state index in [1.807, 2.05) is 45.0 Å². The fraction of sp³-hybridized carbons (Fsp3) is 0.533. The van der Waals surface area contributed by atoms with Crippen molar-refractivity contribution in [3.63, 3.8) is 0 Å². The molecule has 0 aliphatic heterocycles. The van der Waals surface area contributed by atoms with Crippen LogP contribution in [0.25, 0.3) is 0 Å². The third kappa shape index (κ3) is 6.38. The molecule has 0 amide bonds. The number of halogens is 1. The second kappa shape index (κ2) is 8.17. The molecule has 2 N–H and O–H groups in total. The van der Waals surface area contributed by atoms with Gasteiger partial charge in [-0.25, -0.2) is 0 Å². The van der Waals surface area contributed by atoms with Crippen molar-refractivity contribution in [2.75, 3.05) is 6.61 Å². The number of hydrogen-bond acceptors (Lipinski definition) is 4. The van der Waals surface area contributed by atoms with Crippen LogP contribution in [0.15, 0.2) is 28.7 Å². The van der Waals surface area contributed by atoms with Crippen molar-refractivity contribution in [1.82, 2.24) is 4.72 Å². The normalized spacial score (nSPS) is 14.6. The Bertz CT molecular complexity index is 476. The summed E-state index contributed by atoms with van der Waals surface area (Å²) in [4.78, 5) is 11.8. The Hall–Kier alpha value is -0.560. The van der Waals surface area contributed by atoms with Crippen LogP contribution in [0.1, 0.15) is 45.7 Å². The number of carbonyl (C=O) groups is 1. The van der Waals surface area contributed by atoms with Crippen LogP contribution in [0.3, 0.4) is 0 Å². The van der Waals surface area contributed by atoms with Crippen LogP contribution in [-0.4, -0.2) is 21.9 Å². The van der Waals surface area contributed by atoms with Gasteiger partial charge in [-0.05, 0) is 45.4 Å². The van der Waals surface area contributed by atoms with Crippen molar-refractivity contribution in [3.8, 4) is 0 Å². The van der Waals surface area contributed by atoms with Gasteiger partial charge in [0.25, 0.3) is 0 Å². The zero-order valence-electron chi connectivity index (χ0n) is 12.9. The molecule has 0 spiro atoms. The van der Waals surface area contributed by atoms with Gasteiger partial charge in [0.15, 0.2) is 4.75 Å². The summed E-state index contributed by atoms with van der Waals surface area (Å²) in [5.74, 6) is -0.277. The van der Waals surface area contributed by atoms with Crippen LogP contribution in [-0.2, 0) is 20.9 Å². The summed E-state index contributed by atoms with van der Waals surface area (Å²) < 4.78 is 19.1. The molecule has 0 fully saturated rings. The highest BCUT2D eigenvalue weighted by Gasteiger charge is 2.37. The Kier molecular flexibility index (Phi) is 7.20. The average Bonchev–Trinajstić information content (AvgIpc) is 2.37. The molecular weight excluding hydrogens is 354 g/mol. The first-order valence-electron chi connectivity index (χ1n) is 6.84. The van der Waals surface area contributed by atoms with E-state index in [-0.39, 0.29) is 23.2 Å². The summed E-state index contributed by atoms with van der Waals surface area (Å²) in [7, 11) is 0. The Balaban J connectivity index is 2.92. The summed E-state index contributed by atoms with van der Waals surface area (Å²) in [6, 6.07) is 7.42. The molecule has 118 valence electrons. The van der Waals surface area contributed by atoms with Crippen molar-refractivity contribution in [3.05, 3.63) is 34.3 Å². The molecule has 0 aliphatic rings. The minimum Gasteiger partial charge on any atom is -0.466 e. The Morgan fingerprint density at radius 3 is 2.67 bits per heavy atom. The number of nitrogens with one attached hydrogen (secondary N) is 1. The van der Waals surface area contributed by atoms with Crippen molar-refractivity contribution >= 4 is 33.3 Å². The van der Waals surface area contributed by atoms with Crippen molar-refractivity contribution in [1.29, 1.82) is 0 Å². The monoisotopic (exact) mass is 376 g/mol. The number of rotatable bonds is 6. The number of carbonyl (C=O) groups excluding carboxylic acids is 1. The van der Waals surface area contributed by atoms with Crippen molar-refractivity contribution in [2.45, 2.75) is 44.9 Å². The quantitative estimate of drug-likeness (QED) is 0.584. The molecule has 0 saturated heterocycles. The molecule has 0 heterocycles. The van der Waals surface area contributed by atoms with Gasteiger partial charge in [0.2, 0.25) is 11.4 Å². The maximum absolute atomic E-state index is 11.8. The highest BCUT2D eigenvalue weighted by Crippen LogP contribution is 2.25. The van der Waals surface area contributed by atoms with Gasteiger partial charge in [-0.2, -0.15) is 4.55 Å². The predicted molar refractivity (Wildman–Crippen MR) is 91.0 cm³/mol. The molecule has 0 radical (unpaired) electrons. The first kappa shape index (κ1) is 18.5. The molecule has 6 heteroatoms. The topological polar surface area (TPSA) is 58.6 Å². The third-order valence-corrected chi connectivity index (χ3v) is 4.92. The van der Waals surface area contributed by atoms with E-state index >= 15 is 0 Å². The van der Waals surface area contributed by atoms with E-state index in [0.29, 0.717) is 6.61 Å². The predicted octanol–water partition coefficient (Wildman–Crippen LogP) is 3.84. The second-order valence-electron chi connectivity index (χ2n) is 5.63. The summed E-state index contributed by atoms with van der Waals surface area (Å²) in [6.07, 6.45) is 0.185. The SMILES string of the molecule is CCOC(=O)C[C@H](N[S+](O)C(C)(C)C)c1cccc(Br)c1. The van der Waals surface area contributed by atoms with Gasteiger partial charge in [0.05, 0.1) is 19.1 Å². The van der Waals surface area contributed by atoms with Gasteiger partial charge in [-0.15, -0.1) is 0 Å². The second-order valence-corrected chi connectivity index (χ2v) is 8.58. The van der Waals surface area contributed by atoms with Gasteiger partial charge < -0.3 is 4.74 Å². The molecule has 1 aromatic rings. The van der Waals surface area contributed by atoms with E-state index in [9.17, 15) is 9.35 Å². The minimum atomic E-state index is -1.02. The molecule has 21 heavy (non-hydrogen) atoms. The summed E-state index contributed by atoms with van der Waals surface area (Å²) in [6.45, 7) is 7.99. The zero-order chi connectivity index (χ0) is 16.0. The first-order chi connectivity index (χ1) is 9.74. The first-order valence-corrected chi connectivity index (χ1v) is 8.82. The fourth-order valence-corrected chi connectivity index (χ4v) is 2.91. The van der Waals surface area contributed by atoms with Crippen LogP contribution >= 0.6 is 15.9 Å². The number of benzene rings is 1. The number of hydrogen-bond donors (Lipinski definition) is 2. The van der Waals surface area contributed by atoms with Gasteiger partial charge in [0, 0.05) is 4.47 Å². The maximum Gasteiger partial charge on any atom is 0.307 e.